The second kappa shape index (κ2) is 36.0. The predicted molar refractivity (Wildman–Crippen MR) is 450 cm³/mol. The molecule has 2 heterocycles. The first-order chi connectivity index (χ1) is 48.5. The van der Waals surface area contributed by atoms with Crippen LogP contribution in [0.5, 0.6) is 0 Å². The molecule has 0 bridgehead atoms. The van der Waals surface area contributed by atoms with Crippen LogP contribution >= 0.6 is 27.8 Å². The Kier molecular flexibility index (Phi) is 29.5. The number of hydrogen-bond acceptors (Lipinski definition) is 9. The number of carbonyl (C=O) groups excluding carboxylic acids is 2. The van der Waals surface area contributed by atoms with Gasteiger partial charge in [-0.05, 0) is 71.8 Å². The van der Waals surface area contributed by atoms with Gasteiger partial charge in [-0.15, -0.1) is 13.2 Å². The van der Waals surface area contributed by atoms with E-state index in [0.29, 0.717) is 27.6 Å². The van der Waals surface area contributed by atoms with Crippen molar-refractivity contribution in [3.63, 3.8) is 0 Å². The van der Waals surface area contributed by atoms with E-state index in [1.54, 1.807) is 44.8 Å². The molecule has 554 valence electrons. The summed E-state index contributed by atoms with van der Waals surface area (Å²) >= 11 is 14.5. The van der Waals surface area contributed by atoms with E-state index in [0.717, 1.165) is 55.4 Å². The Morgan fingerprint density at radius 3 is 1.16 bits per heavy atom. The van der Waals surface area contributed by atoms with Crippen LogP contribution in [0.4, 0.5) is 0 Å². The number of hydrogen-bond donors (Lipinski definition) is 2. The van der Waals surface area contributed by atoms with Crippen LogP contribution in [0, 0.1) is 11.8 Å². The molecule has 104 heavy (non-hydrogen) atoms. The molecular weight excluding hydrogens is 1430 g/mol. The number of halogens is 2. The zero-order valence-electron chi connectivity index (χ0n) is 60.6. The third kappa shape index (κ3) is 18.4. The summed E-state index contributed by atoms with van der Waals surface area (Å²) in [6.45, 7) is 32.3. The molecule has 1 unspecified atom stereocenters. The Morgan fingerprint density at radius 2 is 0.875 bits per heavy atom. The average Bonchev–Trinajstić information content (AvgIpc) is 1.01. The fourth-order valence-electron chi connectivity index (χ4n) is 13.4. The molecule has 0 amide bonds. The van der Waals surface area contributed by atoms with Crippen molar-refractivity contribution < 1.29 is 31.7 Å². The van der Waals surface area contributed by atoms with Gasteiger partial charge in [0.05, 0.1) is 28.4 Å². The zero-order valence-corrected chi connectivity index (χ0v) is 66.6. The Balaban J connectivity index is 0.000000239. The summed E-state index contributed by atoms with van der Waals surface area (Å²) in [6, 6.07) is 70.4. The van der Waals surface area contributed by atoms with E-state index in [2.05, 4.69) is 96.8 Å². The van der Waals surface area contributed by atoms with Gasteiger partial charge in [0.25, 0.3) is 8.24 Å². The molecule has 0 spiro atoms. The third-order valence-corrected chi connectivity index (χ3v) is 43.8. The summed E-state index contributed by atoms with van der Waals surface area (Å²) < 4.78 is 66.9. The Labute approximate surface area is 633 Å². The van der Waals surface area contributed by atoms with Gasteiger partial charge in [0.2, 0.25) is 0 Å². The molecule has 0 saturated heterocycles. The van der Waals surface area contributed by atoms with Gasteiger partial charge < -0.3 is 24.3 Å². The summed E-state index contributed by atoms with van der Waals surface area (Å²) in [7, 11) is -9.82. The molecule has 2 aromatic heterocycles. The Bertz CT molecular complexity index is 4410. The number of nitrogens with two attached hydrogens (primary N) is 1. The van der Waals surface area contributed by atoms with Gasteiger partial charge in [-0.2, -0.15) is 0 Å². The van der Waals surface area contributed by atoms with Crippen LogP contribution in [0.15, 0.2) is 277 Å². The first kappa shape index (κ1) is 85.2. The topological polar surface area (TPSA) is 164 Å². The van der Waals surface area contributed by atoms with Gasteiger partial charge in [0.1, 0.15) is 29.4 Å². The number of ether oxygens (including phenoxy) is 2. The minimum atomic E-state index is -3.83. The molecule has 7 aromatic carbocycles. The maximum absolute atomic E-state index is 15.7. The van der Waals surface area contributed by atoms with Crippen LogP contribution in [0.1, 0.15) is 128 Å². The second-order valence-electron chi connectivity index (χ2n) is 27.8. The van der Waals surface area contributed by atoms with Crippen molar-refractivity contribution in [1.82, 2.24) is 13.9 Å². The summed E-state index contributed by atoms with van der Waals surface area (Å²) in [5.41, 5.74) is 6.82. The van der Waals surface area contributed by atoms with E-state index in [-0.39, 0.29) is 66.2 Å². The monoisotopic (exact) mass is 1530 g/mol. The van der Waals surface area contributed by atoms with Gasteiger partial charge in [0.15, 0.2) is 9.84 Å². The van der Waals surface area contributed by atoms with E-state index in [4.69, 9.17) is 41.7 Å². The molecule has 3 N–H and O–H groups in total. The van der Waals surface area contributed by atoms with Crippen LogP contribution in [0.2, 0.25) is 10.1 Å². The Morgan fingerprint density at radius 1 is 0.548 bits per heavy atom. The van der Waals surface area contributed by atoms with Gasteiger partial charge in [-0.25, -0.2) is 31.0 Å². The fraction of sp³-hybridized carbons (Fsp3) is 0.294. The van der Waals surface area contributed by atoms with Crippen molar-refractivity contribution in [3.8, 4) is 0 Å². The molecule has 2 aliphatic carbocycles. The van der Waals surface area contributed by atoms with Gasteiger partial charge in [-0.3, -0.25) is 0 Å². The van der Waals surface area contributed by atoms with Crippen LogP contribution in [-0.2, 0) is 43.3 Å². The second-order valence-corrected chi connectivity index (χ2v) is 49.6. The molecule has 11 rings (SSSR count). The van der Waals surface area contributed by atoms with Gasteiger partial charge in [-0.1, -0.05) is 226 Å². The molecule has 3 atom stereocenters. The molecule has 12 nitrogen and oxygen atoms in total. The third-order valence-electron chi connectivity index (χ3n) is 19.0. The van der Waals surface area contributed by atoms with Gasteiger partial charge >= 0.3 is 147 Å². The van der Waals surface area contributed by atoms with Crippen molar-refractivity contribution in [2.45, 2.75) is 128 Å². The molecule has 2 aliphatic rings. The molecule has 9 aromatic rings. The van der Waals surface area contributed by atoms with Crippen LogP contribution in [0.25, 0.3) is 12.2 Å². The number of nitrogens with one attached hydrogen (secondary N) is 1. The van der Waals surface area contributed by atoms with Gasteiger partial charge in [0, 0.05) is 49.7 Å². The van der Waals surface area contributed by atoms with Crippen molar-refractivity contribution in [2.24, 2.45) is 35.7 Å². The van der Waals surface area contributed by atoms with Crippen LogP contribution in [0.3, 0.4) is 0 Å². The van der Waals surface area contributed by atoms with E-state index in [1.807, 2.05) is 200 Å². The molecule has 0 aliphatic heterocycles. The number of benzene rings is 7. The average molecular weight is 1530 g/mol. The number of rotatable bonds is 24. The summed E-state index contributed by atoms with van der Waals surface area (Å²) in [4.78, 5) is 26.2. The van der Waals surface area contributed by atoms with E-state index in [1.165, 1.54) is 29.7 Å². The van der Waals surface area contributed by atoms with Crippen molar-refractivity contribution in [2.75, 3.05) is 18.6 Å². The molecule has 0 radical (unpaired) electrons. The standard InChI is InChI=1S/C32H41N3O3SSi.C27H33NO4SSi.C18H15Cl2P.C6H11N.2CH4/c1-8-27-29(23-35(7)30(27)31(36)38-10-3)39(37,33-28(9-2)24-21-22-24)34-40(32(4,5)6,25-17-13-11-14-18-25)26-19-15-12-16-20-26;1-7-23-24(19-28(6)25(23)26(29)32-8-2)33(30,31)20-34(27(3,4)5,21-15-11-9-12-16-21)22-17-13-10-14-18-22;19-21(20,16-10-4-1-5-11-16,17-12-6-2-7-13-17)18-14-8-3-9-15-18;1-2-6(7)5-3-4-5;;/h8-9,11-20,23-24,28H,1-2,10,21-22H2,3-7H3,(H,33,34,37);7,9-19H,1,8,20H2,2-6H3;1-15H;2,5-6H,1,3-4,7H2;2*1H4/t28-,39?;;;6-;;/m1..1../s1. The van der Waals surface area contributed by atoms with Crippen LogP contribution < -0.4 is 47.1 Å². The minimum absolute atomic E-state index is 0. The number of aromatic nitrogens is 2. The summed E-state index contributed by atoms with van der Waals surface area (Å²) in [5, 5.41) is 2.96. The maximum atomic E-state index is 15.7. The number of nitrogens with zero attached hydrogens (tertiary/aromatic N) is 3. The van der Waals surface area contributed by atoms with E-state index >= 15 is 4.21 Å². The van der Waals surface area contributed by atoms with Crippen molar-refractivity contribution >= 4 is 125 Å². The normalized spacial score (nSPS) is 14.5. The fourth-order valence-corrected chi connectivity index (χ4v) is 37.8. The first-order valence-electron chi connectivity index (χ1n) is 34.6. The van der Waals surface area contributed by atoms with E-state index in [9.17, 15) is 18.0 Å². The predicted octanol–water partition coefficient (Wildman–Crippen LogP) is 16.9. The number of aryl methyl sites for hydroxylation is 2. The summed E-state index contributed by atoms with van der Waals surface area (Å²) in [6.07, 6.45) is 14.6. The number of carbonyl (C=O) groups is 2. The van der Waals surface area contributed by atoms with Crippen molar-refractivity contribution in [3.05, 3.63) is 286 Å². The summed E-state index contributed by atoms with van der Waals surface area (Å²) in [5.74, 6) is 0.0678. The SMILES string of the molecule is C.C.C=C[C@@H](N)C1CC1.C=Cc1c(S(=O)(=N[Si](c2ccccc2)(c2ccccc2)C(C)(C)C)N[C@H](C=C)C2CC2)cn(C)c1C(=O)OCC.C=Cc1c(S(=O)(=O)C[Si](c2ccccc2)(c2ccccc2)C(C)(C)C)cn(C)c1C(=O)OCC.ClP(Cl)(c1ccccc1)(c1ccccc1)c1ccccc1. The molecule has 2 saturated carbocycles. The molecule has 2 fully saturated rings. The van der Waals surface area contributed by atoms with Crippen LogP contribution in [-0.4, -0.2) is 80.7 Å². The quantitative estimate of drug-likeness (QED) is 0.0261. The van der Waals surface area contributed by atoms with Crippen molar-refractivity contribution in [1.29, 1.82) is 0 Å². The number of esters is 2. The molecular formula is C85H108Cl2N5O7PS2Si2. The zero-order chi connectivity index (χ0) is 74.3. The first-order valence-corrected chi connectivity index (χ1v) is 46.0. The number of sulfone groups is 1. The van der Waals surface area contributed by atoms with E-state index < -0.39 is 53.3 Å². The molecule has 19 heteroatoms. The Hall–Kier alpha value is -7.74.